The van der Waals surface area contributed by atoms with Crippen LogP contribution in [0.1, 0.15) is 12.8 Å². The van der Waals surface area contributed by atoms with E-state index in [4.69, 9.17) is 0 Å². The SMILES string of the molecule is O=C(CN1C(=O)[C@H]2CC=CC[C@H]2C1=O)Nc1cccc([N+](=O)[O-])c1. The van der Waals surface area contributed by atoms with Gasteiger partial charge in [0.05, 0.1) is 16.8 Å². The summed E-state index contributed by atoms with van der Waals surface area (Å²) in [5, 5.41) is 13.2. The number of nitro groups is 1. The number of hydrogen-bond acceptors (Lipinski definition) is 5. The van der Waals surface area contributed by atoms with Gasteiger partial charge in [0.1, 0.15) is 6.54 Å². The Balaban J connectivity index is 1.67. The number of benzene rings is 1. The predicted molar refractivity (Wildman–Crippen MR) is 83.8 cm³/mol. The van der Waals surface area contributed by atoms with Crippen LogP contribution in [-0.4, -0.2) is 34.1 Å². The number of hydrogen-bond donors (Lipinski definition) is 1. The van der Waals surface area contributed by atoms with E-state index in [0.29, 0.717) is 12.8 Å². The topological polar surface area (TPSA) is 110 Å². The number of nitrogens with zero attached hydrogens (tertiary/aromatic N) is 2. The maximum Gasteiger partial charge on any atom is 0.271 e. The number of imide groups is 1. The number of carbonyl (C=O) groups excluding carboxylic acids is 3. The Bertz CT molecular complexity index is 732. The standard InChI is InChI=1S/C16H15N3O5/c20-14(17-10-4-3-5-11(8-10)19(23)24)9-18-15(21)12-6-1-2-7-13(12)16(18)22/h1-5,8,12-13H,6-7,9H2,(H,17,20)/t12-,13+. The summed E-state index contributed by atoms with van der Waals surface area (Å²) >= 11 is 0. The van der Waals surface area contributed by atoms with Gasteiger partial charge in [-0.15, -0.1) is 0 Å². The molecule has 3 amide bonds. The number of carbonyl (C=O) groups is 3. The minimum absolute atomic E-state index is 0.154. The van der Waals surface area contributed by atoms with E-state index in [-0.39, 0.29) is 41.6 Å². The zero-order valence-corrected chi connectivity index (χ0v) is 12.7. The lowest BCUT2D eigenvalue weighted by molar-refractivity contribution is -0.384. The lowest BCUT2D eigenvalue weighted by Gasteiger charge is -2.14. The number of rotatable bonds is 4. The van der Waals surface area contributed by atoms with Crippen molar-refractivity contribution >= 4 is 29.1 Å². The molecule has 1 saturated heterocycles. The van der Waals surface area contributed by atoms with Gasteiger partial charge < -0.3 is 5.32 Å². The maximum absolute atomic E-state index is 12.3. The third kappa shape index (κ3) is 2.90. The van der Waals surface area contributed by atoms with Crippen LogP contribution >= 0.6 is 0 Å². The summed E-state index contributed by atoms with van der Waals surface area (Å²) < 4.78 is 0. The Morgan fingerprint density at radius 3 is 2.42 bits per heavy atom. The zero-order chi connectivity index (χ0) is 17.3. The molecule has 8 heteroatoms. The fourth-order valence-electron chi connectivity index (χ4n) is 3.07. The zero-order valence-electron chi connectivity index (χ0n) is 12.7. The van der Waals surface area contributed by atoms with Gasteiger partial charge in [-0.25, -0.2) is 0 Å². The Labute approximate surface area is 137 Å². The molecule has 0 saturated carbocycles. The van der Waals surface area contributed by atoms with Gasteiger partial charge in [0.15, 0.2) is 0 Å². The first-order chi connectivity index (χ1) is 11.5. The average Bonchev–Trinajstić information content (AvgIpc) is 2.80. The number of likely N-dealkylation sites (tertiary alicyclic amines) is 1. The minimum Gasteiger partial charge on any atom is -0.324 e. The molecule has 2 atom stereocenters. The van der Waals surface area contributed by atoms with Crippen LogP contribution in [0, 0.1) is 22.0 Å². The number of allylic oxidation sites excluding steroid dienone is 2. The smallest absolute Gasteiger partial charge is 0.271 e. The molecule has 24 heavy (non-hydrogen) atoms. The Morgan fingerprint density at radius 1 is 1.21 bits per heavy atom. The summed E-state index contributed by atoms with van der Waals surface area (Å²) in [6, 6.07) is 5.47. The van der Waals surface area contributed by atoms with E-state index in [1.807, 2.05) is 12.2 Å². The Hall–Kier alpha value is -3.03. The first kappa shape index (κ1) is 15.9. The third-order valence-electron chi connectivity index (χ3n) is 4.24. The fourth-order valence-corrected chi connectivity index (χ4v) is 3.07. The second-order valence-corrected chi connectivity index (χ2v) is 5.77. The lowest BCUT2D eigenvalue weighted by Crippen LogP contribution is -2.38. The highest BCUT2D eigenvalue weighted by Gasteiger charge is 2.47. The van der Waals surface area contributed by atoms with E-state index in [1.54, 1.807) is 0 Å². The van der Waals surface area contributed by atoms with Crippen molar-refractivity contribution in [2.75, 3.05) is 11.9 Å². The quantitative estimate of drug-likeness (QED) is 0.389. The third-order valence-corrected chi connectivity index (χ3v) is 4.24. The molecule has 0 bridgehead atoms. The number of non-ortho nitro benzene ring substituents is 1. The molecular weight excluding hydrogens is 314 g/mol. The van der Waals surface area contributed by atoms with Gasteiger partial charge >= 0.3 is 0 Å². The highest BCUT2D eigenvalue weighted by molar-refractivity contribution is 6.08. The molecule has 1 aromatic carbocycles. The number of anilines is 1. The molecule has 1 heterocycles. The second-order valence-electron chi connectivity index (χ2n) is 5.77. The van der Waals surface area contributed by atoms with Crippen LogP contribution < -0.4 is 5.32 Å². The van der Waals surface area contributed by atoms with Gasteiger partial charge in [-0.2, -0.15) is 0 Å². The molecule has 8 nitrogen and oxygen atoms in total. The predicted octanol–water partition coefficient (Wildman–Crippen LogP) is 1.48. The van der Waals surface area contributed by atoms with Crippen molar-refractivity contribution in [1.29, 1.82) is 0 Å². The normalized spacial score (nSPS) is 22.4. The Kier molecular flexibility index (Phi) is 4.11. The number of amides is 3. The summed E-state index contributed by atoms with van der Waals surface area (Å²) in [5.41, 5.74) is 0.0885. The van der Waals surface area contributed by atoms with Crippen LogP contribution in [0.15, 0.2) is 36.4 Å². The van der Waals surface area contributed by atoms with Crippen molar-refractivity contribution in [2.24, 2.45) is 11.8 Å². The monoisotopic (exact) mass is 329 g/mol. The van der Waals surface area contributed by atoms with E-state index >= 15 is 0 Å². The van der Waals surface area contributed by atoms with Crippen LogP contribution in [0.2, 0.25) is 0 Å². The molecule has 2 aliphatic rings. The van der Waals surface area contributed by atoms with Crippen molar-refractivity contribution in [1.82, 2.24) is 4.90 Å². The van der Waals surface area contributed by atoms with Crippen molar-refractivity contribution in [2.45, 2.75) is 12.8 Å². The molecule has 3 rings (SSSR count). The summed E-state index contributed by atoms with van der Waals surface area (Å²) in [7, 11) is 0. The first-order valence-corrected chi connectivity index (χ1v) is 7.52. The highest BCUT2D eigenvalue weighted by Crippen LogP contribution is 2.34. The minimum atomic E-state index is -0.569. The maximum atomic E-state index is 12.3. The summed E-state index contributed by atoms with van der Waals surface area (Å²) in [4.78, 5) is 47.8. The van der Waals surface area contributed by atoms with Crippen LogP contribution in [0.25, 0.3) is 0 Å². The summed E-state index contributed by atoms with van der Waals surface area (Å²) in [5.74, 6) is -1.99. The van der Waals surface area contributed by atoms with E-state index in [1.165, 1.54) is 24.3 Å². The van der Waals surface area contributed by atoms with Crippen LogP contribution in [-0.2, 0) is 14.4 Å². The lowest BCUT2D eigenvalue weighted by atomic mass is 9.85. The van der Waals surface area contributed by atoms with Gasteiger partial charge in [-0.1, -0.05) is 18.2 Å². The molecule has 1 fully saturated rings. The van der Waals surface area contributed by atoms with Gasteiger partial charge in [0, 0.05) is 17.8 Å². The second kappa shape index (κ2) is 6.23. The van der Waals surface area contributed by atoms with Crippen molar-refractivity contribution in [3.8, 4) is 0 Å². The molecule has 1 N–H and O–H groups in total. The highest BCUT2D eigenvalue weighted by atomic mass is 16.6. The van der Waals surface area contributed by atoms with Gasteiger partial charge in [0.2, 0.25) is 17.7 Å². The molecule has 1 aliphatic carbocycles. The van der Waals surface area contributed by atoms with E-state index in [9.17, 15) is 24.5 Å². The van der Waals surface area contributed by atoms with Crippen LogP contribution in [0.3, 0.4) is 0 Å². The van der Waals surface area contributed by atoms with Gasteiger partial charge in [-0.05, 0) is 18.9 Å². The molecule has 0 aromatic heterocycles. The van der Waals surface area contributed by atoms with E-state index in [0.717, 1.165) is 4.90 Å². The van der Waals surface area contributed by atoms with Crippen molar-refractivity contribution < 1.29 is 19.3 Å². The summed E-state index contributed by atoms with van der Waals surface area (Å²) in [6.07, 6.45) is 4.77. The largest absolute Gasteiger partial charge is 0.324 e. The molecule has 1 aromatic rings. The molecule has 0 radical (unpaired) electrons. The van der Waals surface area contributed by atoms with E-state index in [2.05, 4.69) is 5.32 Å². The van der Waals surface area contributed by atoms with Gasteiger partial charge in [-0.3, -0.25) is 29.4 Å². The van der Waals surface area contributed by atoms with E-state index < -0.39 is 10.8 Å². The molecule has 0 unspecified atom stereocenters. The van der Waals surface area contributed by atoms with Crippen LogP contribution in [0.4, 0.5) is 11.4 Å². The van der Waals surface area contributed by atoms with Crippen molar-refractivity contribution in [3.05, 3.63) is 46.5 Å². The Morgan fingerprint density at radius 2 is 1.83 bits per heavy atom. The number of nitrogens with one attached hydrogen (secondary N) is 1. The molecular formula is C16H15N3O5. The fraction of sp³-hybridized carbons (Fsp3) is 0.312. The average molecular weight is 329 g/mol. The van der Waals surface area contributed by atoms with Crippen molar-refractivity contribution in [3.63, 3.8) is 0 Å². The summed E-state index contributed by atoms with van der Waals surface area (Å²) in [6.45, 7) is -0.382. The van der Waals surface area contributed by atoms with Gasteiger partial charge in [0.25, 0.3) is 5.69 Å². The van der Waals surface area contributed by atoms with Crippen LogP contribution in [0.5, 0.6) is 0 Å². The number of fused-ring (bicyclic) bond motifs is 1. The molecule has 0 spiro atoms. The molecule has 124 valence electrons. The number of nitro benzene ring substituents is 1. The first-order valence-electron chi connectivity index (χ1n) is 7.52. The molecule has 1 aliphatic heterocycles.